The summed E-state index contributed by atoms with van der Waals surface area (Å²) in [5, 5.41) is 0. The Balaban J connectivity index is 1.72. The van der Waals surface area contributed by atoms with E-state index in [0.29, 0.717) is 12.5 Å². The fourth-order valence-electron chi connectivity index (χ4n) is 4.48. The van der Waals surface area contributed by atoms with E-state index in [2.05, 4.69) is 9.97 Å². The van der Waals surface area contributed by atoms with Crippen molar-refractivity contribution in [1.82, 2.24) is 9.97 Å². The molecule has 0 radical (unpaired) electrons. The van der Waals surface area contributed by atoms with Crippen molar-refractivity contribution in [2.45, 2.75) is 57.7 Å². The molecule has 1 aromatic heterocycles. The lowest BCUT2D eigenvalue weighted by molar-refractivity contribution is -0.137. The number of ether oxygens (including phenoxy) is 1. The molecular formula is C26H28F3N3O. The first kappa shape index (κ1) is 23.1. The van der Waals surface area contributed by atoms with Gasteiger partial charge in [0, 0.05) is 18.4 Å². The van der Waals surface area contributed by atoms with Crippen molar-refractivity contribution in [1.29, 1.82) is 0 Å². The Bertz CT molecular complexity index is 1050. The minimum atomic E-state index is -4.58. The minimum absolute atomic E-state index is 0.0737. The molecular weight excluding hydrogens is 427 g/mol. The van der Waals surface area contributed by atoms with Crippen LogP contribution in [0.1, 0.15) is 61.6 Å². The van der Waals surface area contributed by atoms with Gasteiger partial charge in [0.05, 0.1) is 0 Å². The fourth-order valence-corrected chi connectivity index (χ4v) is 4.48. The third-order valence-corrected chi connectivity index (χ3v) is 6.11. The number of rotatable bonds is 7. The van der Waals surface area contributed by atoms with E-state index in [1.54, 1.807) is 4.90 Å². The Morgan fingerprint density at radius 1 is 0.970 bits per heavy atom. The summed E-state index contributed by atoms with van der Waals surface area (Å²) in [4.78, 5) is 9.77. The Morgan fingerprint density at radius 2 is 1.67 bits per heavy atom. The van der Waals surface area contributed by atoms with Crippen LogP contribution >= 0.6 is 0 Å². The maximum atomic E-state index is 14.0. The molecule has 0 saturated heterocycles. The molecule has 1 saturated carbocycles. The van der Waals surface area contributed by atoms with Crippen molar-refractivity contribution in [3.05, 3.63) is 77.5 Å². The monoisotopic (exact) mass is 455 g/mol. The van der Waals surface area contributed by atoms with Crippen LogP contribution in [0.4, 0.5) is 24.7 Å². The zero-order valence-electron chi connectivity index (χ0n) is 18.7. The summed E-state index contributed by atoms with van der Waals surface area (Å²) in [5.41, 5.74) is 1.87. The molecule has 0 atom stereocenters. The van der Waals surface area contributed by atoms with Crippen LogP contribution in [0.15, 0.2) is 60.8 Å². The SMILES string of the molecule is CCN(c1ccccc1C1CCCCC1)c1nc(OCc2ccccc2)ncc1C(F)(F)F. The predicted molar refractivity (Wildman–Crippen MR) is 123 cm³/mol. The molecule has 33 heavy (non-hydrogen) atoms. The molecule has 0 amide bonds. The number of aromatic nitrogens is 2. The first-order valence-electron chi connectivity index (χ1n) is 11.4. The molecule has 1 aliphatic rings. The van der Waals surface area contributed by atoms with Gasteiger partial charge >= 0.3 is 12.2 Å². The molecule has 1 heterocycles. The number of alkyl halides is 3. The summed E-state index contributed by atoms with van der Waals surface area (Å²) in [6.07, 6.45) is 1.84. The fraction of sp³-hybridized carbons (Fsp3) is 0.385. The van der Waals surface area contributed by atoms with Crippen LogP contribution in [0.2, 0.25) is 0 Å². The molecule has 4 nitrogen and oxygen atoms in total. The zero-order valence-corrected chi connectivity index (χ0v) is 18.7. The van der Waals surface area contributed by atoms with E-state index in [-0.39, 0.29) is 18.4 Å². The Hall–Kier alpha value is -3.09. The number of para-hydroxylation sites is 1. The quantitative estimate of drug-likeness (QED) is 0.375. The number of halogens is 3. The van der Waals surface area contributed by atoms with Crippen molar-refractivity contribution in [3.8, 4) is 6.01 Å². The van der Waals surface area contributed by atoms with Gasteiger partial charge in [-0.05, 0) is 42.9 Å². The van der Waals surface area contributed by atoms with Gasteiger partial charge in [-0.25, -0.2) is 4.98 Å². The molecule has 0 bridgehead atoms. The first-order chi connectivity index (χ1) is 16.0. The van der Waals surface area contributed by atoms with E-state index in [1.807, 2.05) is 61.5 Å². The molecule has 174 valence electrons. The summed E-state index contributed by atoms with van der Waals surface area (Å²) >= 11 is 0. The number of hydrogen-bond acceptors (Lipinski definition) is 4. The van der Waals surface area contributed by atoms with Gasteiger partial charge in [-0.3, -0.25) is 0 Å². The highest BCUT2D eigenvalue weighted by Gasteiger charge is 2.37. The number of nitrogens with zero attached hydrogens (tertiary/aromatic N) is 3. The highest BCUT2D eigenvalue weighted by molar-refractivity contribution is 5.67. The highest BCUT2D eigenvalue weighted by atomic mass is 19.4. The zero-order chi connectivity index (χ0) is 23.3. The highest BCUT2D eigenvalue weighted by Crippen LogP contribution is 2.42. The van der Waals surface area contributed by atoms with Gasteiger partial charge in [0.25, 0.3) is 0 Å². The van der Waals surface area contributed by atoms with E-state index in [4.69, 9.17) is 4.74 Å². The molecule has 3 aromatic rings. The van der Waals surface area contributed by atoms with Crippen LogP contribution < -0.4 is 9.64 Å². The Labute approximate surface area is 192 Å². The minimum Gasteiger partial charge on any atom is -0.459 e. The molecule has 0 unspecified atom stereocenters. The second kappa shape index (κ2) is 10.2. The maximum Gasteiger partial charge on any atom is 0.421 e. The molecule has 0 aliphatic heterocycles. The largest absolute Gasteiger partial charge is 0.459 e. The van der Waals surface area contributed by atoms with Crippen molar-refractivity contribution in [3.63, 3.8) is 0 Å². The van der Waals surface area contributed by atoms with Crippen LogP contribution in [0.3, 0.4) is 0 Å². The van der Waals surface area contributed by atoms with E-state index in [9.17, 15) is 13.2 Å². The van der Waals surface area contributed by atoms with E-state index < -0.39 is 11.7 Å². The lowest BCUT2D eigenvalue weighted by atomic mass is 9.83. The van der Waals surface area contributed by atoms with Crippen molar-refractivity contribution in [2.24, 2.45) is 0 Å². The van der Waals surface area contributed by atoms with Gasteiger partial charge in [0.1, 0.15) is 12.2 Å². The van der Waals surface area contributed by atoms with Crippen LogP contribution in [0.5, 0.6) is 6.01 Å². The second-order valence-electron chi connectivity index (χ2n) is 8.30. The Kier molecular flexibility index (Phi) is 7.16. The predicted octanol–water partition coefficient (Wildman–Crippen LogP) is 7.28. The Morgan fingerprint density at radius 3 is 2.36 bits per heavy atom. The summed E-state index contributed by atoms with van der Waals surface area (Å²) in [5.74, 6) is 0.167. The van der Waals surface area contributed by atoms with Gasteiger partial charge in [0.2, 0.25) is 0 Å². The van der Waals surface area contributed by atoms with E-state index in [0.717, 1.165) is 48.7 Å². The molecule has 2 aromatic carbocycles. The van der Waals surface area contributed by atoms with Gasteiger partial charge in [-0.15, -0.1) is 0 Å². The molecule has 1 fully saturated rings. The van der Waals surface area contributed by atoms with Gasteiger partial charge < -0.3 is 9.64 Å². The van der Waals surface area contributed by atoms with Crippen molar-refractivity contribution < 1.29 is 17.9 Å². The van der Waals surface area contributed by atoms with Crippen LogP contribution in [0.25, 0.3) is 0 Å². The van der Waals surface area contributed by atoms with Crippen molar-refractivity contribution >= 4 is 11.5 Å². The lowest BCUT2D eigenvalue weighted by Gasteiger charge is -2.31. The average molecular weight is 456 g/mol. The van der Waals surface area contributed by atoms with Crippen LogP contribution in [0, 0.1) is 0 Å². The normalized spacial score (nSPS) is 14.8. The van der Waals surface area contributed by atoms with Gasteiger partial charge in [-0.2, -0.15) is 18.2 Å². The average Bonchev–Trinajstić information content (AvgIpc) is 2.84. The smallest absolute Gasteiger partial charge is 0.421 e. The van der Waals surface area contributed by atoms with E-state index in [1.165, 1.54) is 6.42 Å². The van der Waals surface area contributed by atoms with Crippen LogP contribution in [-0.2, 0) is 12.8 Å². The number of hydrogen-bond donors (Lipinski definition) is 0. The van der Waals surface area contributed by atoms with Gasteiger partial charge in [0.15, 0.2) is 5.82 Å². The molecule has 0 N–H and O–H groups in total. The summed E-state index contributed by atoms with van der Waals surface area (Å²) < 4.78 is 47.5. The molecule has 4 rings (SSSR count). The van der Waals surface area contributed by atoms with Crippen LogP contribution in [-0.4, -0.2) is 16.5 Å². The van der Waals surface area contributed by atoms with Gasteiger partial charge in [-0.1, -0.05) is 67.8 Å². The third kappa shape index (κ3) is 5.46. The standard InChI is InChI=1S/C26H28F3N3O/c1-2-32(23-16-10-9-15-21(23)20-13-7-4-8-14-20)24-22(26(27,28)29)17-30-25(31-24)33-18-19-11-5-3-6-12-19/h3,5-6,9-12,15-17,20H,2,4,7-8,13-14,18H2,1H3. The summed E-state index contributed by atoms with van der Waals surface area (Å²) in [6, 6.07) is 17.1. The molecule has 0 spiro atoms. The first-order valence-corrected chi connectivity index (χ1v) is 11.4. The van der Waals surface area contributed by atoms with E-state index >= 15 is 0 Å². The molecule has 1 aliphatic carbocycles. The number of anilines is 2. The third-order valence-electron chi connectivity index (χ3n) is 6.11. The molecule has 7 heteroatoms. The summed E-state index contributed by atoms with van der Waals surface area (Å²) in [6.45, 7) is 2.35. The second-order valence-corrected chi connectivity index (χ2v) is 8.30. The summed E-state index contributed by atoms with van der Waals surface area (Å²) in [7, 11) is 0. The lowest BCUT2D eigenvalue weighted by Crippen LogP contribution is -2.24. The maximum absolute atomic E-state index is 14.0. The van der Waals surface area contributed by atoms with Crippen molar-refractivity contribution in [2.75, 3.05) is 11.4 Å². The number of benzene rings is 2. The topological polar surface area (TPSA) is 38.2 Å².